The zero-order chi connectivity index (χ0) is 11.4. The SMILES string of the molecule is CCC(CC1CC1)Nc1cccc(NC)n1. The Labute approximate surface area is 97.7 Å². The average molecular weight is 219 g/mol. The first kappa shape index (κ1) is 11.2. The largest absolute Gasteiger partial charge is 0.373 e. The van der Waals surface area contributed by atoms with E-state index in [0.717, 1.165) is 17.6 Å². The van der Waals surface area contributed by atoms with Crippen LogP contribution in [0.2, 0.25) is 0 Å². The van der Waals surface area contributed by atoms with Crippen LogP contribution < -0.4 is 10.6 Å². The number of hydrogen-bond acceptors (Lipinski definition) is 3. The standard InChI is InChI=1S/C13H21N3/c1-3-11(9-10-7-8-10)15-13-6-4-5-12(14-2)16-13/h4-6,10-11H,3,7-9H2,1-2H3,(H2,14,15,16). The molecule has 0 radical (unpaired) electrons. The van der Waals surface area contributed by atoms with E-state index in [0.29, 0.717) is 6.04 Å². The molecule has 1 heterocycles. The predicted molar refractivity (Wildman–Crippen MR) is 68.8 cm³/mol. The second-order valence-corrected chi connectivity index (χ2v) is 4.59. The summed E-state index contributed by atoms with van der Waals surface area (Å²) in [6, 6.07) is 6.63. The Kier molecular flexibility index (Phi) is 3.65. The van der Waals surface area contributed by atoms with Gasteiger partial charge in [0.05, 0.1) is 0 Å². The molecule has 0 spiro atoms. The second kappa shape index (κ2) is 5.19. The molecule has 0 aromatic carbocycles. The molecule has 0 bridgehead atoms. The molecule has 1 aliphatic carbocycles. The Morgan fingerprint density at radius 1 is 1.38 bits per heavy atom. The molecule has 0 amide bonds. The van der Waals surface area contributed by atoms with Crippen LogP contribution in [-0.4, -0.2) is 18.1 Å². The van der Waals surface area contributed by atoms with E-state index in [2.05, 4.69) is 22.5 Å². The first-order valence-electron chi connectivity index (χ1n) is 6.23. The quantitative estimate of drug-likeness (QED) is 0.772. The van der Waals surface area contributed by atoms with Crippen molar-refractivity contribution in [3.8, 4) is 0 Å². The molecule has 1 aromatic rings. The van der Waals surface area contributed by atoms with E-state index in [-0.39, 0.29) is 0 Å². The van der Waals surface area contributed by atoms with Gasteiger partial charge in [0.2, 0.25) is 0 Å². The van der Waals surface area contributed by atoms with Gasteiger partial charge in [0.15, 0.2) is 0 Å². The van der Waals surface area contributed by atoms with Crippen LogP contribution in [0, 0.1) is 5.92 Å². The summed E-state index contributed by atoms with van der Waals surface area (Å²) in [5, 5.41) is 6.58. The fraction of sp³-hybridized carbons (Fsp3) is 0.615. The Bertz CT molecular complexity index is 334. The van der Waals surface area contributed by atoms with Crippen molar-refractivity contribution >= 4 is 11.6 Å². The third kappa shape index (κ3) is 3.12. The first-order chi connectivity index (χ1) is 7.81. The van der Waals surface area contributed by atoms with Crippen LogP contribution in [0.3, 0.4) is 0 Å². The van der Waals surface area contributed by atoms with Crippen molar-refractivity contribution < 1.29 is 0 Å². The molecular formula is C13H21N3. The van der Waals surface area contributed by atoms with Gasteiger partial charge in [0.1, 0.15) is 11.6 Å². The van der Waals surface area contributed by atoms with Crippen LogP contribution in [0.4, 0.5) is 11.6 Å². The molecule has 1 aromatic heterocycles. The van der Waals surface area contributed by atoms with E-state index < -0.39 is 0 Å². The van der Waals surface area contributed by atoms with Crippen molar-refractivity contribution in [2.45, 2.75) is 38.6 Å². The lowest BCUT2D eigenvalue weighted by molar-refractivity contribution is 0.585. The van der Waals surface area contributed by atoms with Gasteiger partial charge in [-0.2, -0.15) is 0 Å². The Morgan fingerprint density at radius 3 is 2.75 bits per heavy atom. The molecule has 88 valence electrons. The third-order valence-corrected chi connectivity index (χ3v) is 3.16. The lowest BCUT2D eigenvalue weighted by Crippen LogP contribution is -2.19. The second-order valence-electron chi connectivity index (χ2n) is 4.59. The van der Waals surface area contributed by atoms with Gasteiger partial charge in [-0.25, -0.2) is 4.98 Å². The number of rotatable bonds is 6. The molecule has 1 fully saturated rings. The van der Waals surface area contributed by atoms with Crippen molar-refractivity contribution in [3.05, 3.63) is 18.2 Å². The van der Waals surface area contributed by atoms with Gasteiger partial charge in [0, 0.05) is 13.1 Å². The minimum atomic E-state index is 0.576. The van der Waals surface area contributed by atoms with E-state index in [1.54, 1.807) is 0 Å². The predicted octanol–water partition coefficient (Wildman–Crippen LogP) is 3.11. The summed E-state index contributed by atoms with van der Waals surface area (Å²) in [4.78, 5) is 4.48. The zero-order valence-corrected chi connectivity index (χ0v) is 10.2. The summed E-state index contributed by atoms with van der Waals surface area (Å²) in [5.74, 6) is 2.87. The van der Waals surface area contributed by atoms with E-state index in [4.69, 9.17) is 0 Å². The summed E-state index contributed by atoms with van der Waals surface area (Å²) in [5.41, 5.74) is 0. The first-order valence-corrected chi connectivity index (χ1v) is 6.23. The van der Waals surface area contributed by atoms with Gasteiger partial charge in [-0.1, -0.05) is 25.8 Å². The highest BCUT2D eigenvalue weighted by Crippen LogP contribution is 2.34. The summed E-state index contributed by atoms with van der Waals surface area (Å²) >= 11 is 0. The summed E-state index contributed by atoms with van der Waals surface area (Å²) < 4.78 is 0. The van der Waals surface area contributed by atoms with Gasteiger partial charge in [0.25, 0.3) is 0 Å². The monoisotopic (exact) mass is 219 g/mol. The van der Waals surface area contributed by atoms with E-state index in [1.165, 1.54) is 25.7 Å². The summed E-state index contributed by atoms with van der Waals surface area (Å²) in [6.45, 7) is 2.24. The van der Waals surface area contributed by atoms with E-state index >= 15 is 0 Å². The number of nitrogens with one attached hydrogen (secondary N) is 2. The van der Waals surface area contributed by atoms with Crippen molar-refractivity contribution in [1.29, 1.82) is 0 Å². The lowest BCUT2D eigenvalue weighted by Gasteiger charge is -2.17. The highest BCUT2D eigenvalue weighted by atomic mass is 15.1. The fourth-order valence-electron chi connectivity index (χ4n) is 1.95. The fourth-order valence-corrected chi connectivity index (χ4v) is 1.95. The molecule has 16 heavy (non-hydrogen) atoms. The minimum absolute atomic E-state index is 0.576. The minimum Gasteiger partial charge on any atom is -0.373 e. The summed E-state index contributed by atoms with van der Waals surface area (Å²) in [7, 11) is 1.90. The molecule has 1 atom stereocenters. The third-order valence-electron chi connectivity index (χ3n) is 3.16. The van der Waals surface area contributed by atoms with Crippen LogP contribution in [0.25, 0.3) is 0 Å². The number of nitrogens with zero attached hydrogens (tertiary/aromatic N) is 1. The highest BCUT2D eigenvalue weighted by molar-refractivity contribution is 5.45. The number of hydrogen-bond donors (Lipinski definition) is 2. The molecule has 2 N–H and O–H groups in total. The maximum absolute atomic E-state index is 4.48. The normalized spacial score (nSPS) is 16.9. The molecule has 0 aliphatic heterocycles. The molecule has 1 unspecified atom stereocenters. The van der Waals surface area contributed by atoms with E-state index in [9.17, 15) is 0 Å². The smallest absolute Gasteiger partial charge is 0.128 e. The van der Waals surface area contributed by atoms with Gasteiger partial charge in [-0.3, -0.25) is 0 Å². The summed E-state index contributed by atoms with van der Waals surface area (Å²) in [6.07, 6.45) is 5.30. The molecule has 3 heteroatoms. The van der Waals surface area contributed by atoms with Gasteiger partial charge in [-0.05, 0) is 30.9 Å². The van der Waals surface area contributed by atoms with Crippen LogP contribution >= 0.6 is 0 Å². The molecule has 3 nitrogen and oxygen atoms in total. The molecule has 2 rings (SSSR count). The van der Waals surface area contributed by atoms with Crippen LogP contribution in [0.5, 0.6) is 0 Å². The van der Waals surface area contributed by atoms with Crippen LogP contribution in [-0.2, 0) is 0 Å². The van der Waals surface area contributed by atoms with Crippen molar-refractivity contribution in [2.75, 3.05) is 17.7 Å². The topological polar surface area (TPSA) is 37.0 Å². The zero-order valence-electron chi connectivity index (χ0n) is 10.2. The van der Waals surface area contributed by atoms with Crippen molar-refractivity contribution in [1.82, 2.24) is 4.98 Å². The van der Waals surface area contributed by atoms with Gasteiger partial charge >= 0.3 is 0 Å². The molecule has 0 saturated heterocycles. The van der Waals surface area contributed by atoms with Crippen LogP contribution in [0.1, 0.15) is 32.6 Å². The average Bonchev–Trinajstić information content (AvgIpc) is 3.12. The Balaban J connectivity index is 1.94. The van der Waals surface area contributed by atoms with Gasteiger partial charge < -0.3 is 10.6 Å². The molecular weight excluding hydrogens is 198 g/mol. The maximum Gasteiger partial charge on any atom is 0.128 e. The Hall–Kier alpha value is -1.25. The van der Waals surface area contributed by atoms with Crippen molar-refractivity contribution in [3.63, 3.8) is 0 Å². The molecule has 1 saturated carbocycles. The van der Waals surface area contributed by atoms with Crippen molar-refractivity contribution in [2.24, 2.45) is 5.92 Å². The number of pyridine rings is 1. The van der Waals surface area contributed by atoms with Gasteiger partial charge in [-0.15, -0.1) is 0 Å². The number of aromatic nitrogens is 1. The lowest BCUT2D eigenvalue weighted by atomic mass is 10.1. The highest BCUT2D eigenvalue weighted by Gasteiger charge is 2.24. The van der Waals surface area contributed by atoms with Crippen LogP contribution in [0.15, 0.2) is 18.2 Å². The Morgan fingerprint density at radius 2 is 2.12 bits per heavy atom. The maximum atomic E-state index is 4.48. The van der Waals surface area contributed by atoms with E-state index in [1.807, 2.05) is 25.2 Å². The number of anilines is 2. The molecule has 1 aliphatic rings.